The highest BCUT2D eigenvalue weighted by atomic mass is 16.5. The molecule has 0 saturated heterocycles. The quantitative estimate of drug-likeness (QED) is 0.576. The summed E-state index contributed by atoms with van der Waals surface area (Å²) in [5.41, 5.74) is 3.89. The van der Waals surface area contributed by atoms with Crippen LogP contribution in [0.5, 0.6) is 0 Å². The number of ether oxygens (including phenoxy) is 1. The van der Waals surface area contributed by atoms with E-state index in [1.54, 1.807) is 18.6 Å². The molecule has 4 rings (SSSR count). The zero-order valence-electron chi connectivity index (χ0n) is 15.3. The van der Waals surface area contributed by atoms with E-state index in [9.17, 15) is 4.79 Å². The van der Waals surface area contributed by atoms with Gasteiger partial charge in [0.1, 0.15) is 6.61 Å². The molecule has 0 saturated carbocycles. The zero-order valence-corrected chi connectivity index (χ0v) is 15.3. The largest absolute Gasteiger partial charge is 0.445 e. The number of benzene rings is 1. The molecule has 1 aromatic carbocycles. The molecule has 7 heteroatoms. The summed E-state index contributed by atoms with van der Waals surface area (Å²) in [6, 6.07) is 14.9. The van der Waals surface area contributed by atoms with Gasteiger partial charge in [-0.05, 0) is 24.6 Å². The molecule has 0 spiro atoms. The molecular weight excluding hydrogens is 354 g/mol. The maximum Gasteiger partial charge on any atom is 0.407 e. The lowest BCUT2D eigenvalue weighted by molar-refractivity contribution is 0.136. The minimum atomic E-state index is -0.501. The standard InChI is InChI=1S/C21H19N5O2/c1-15(24-21(27)28-14-16-7-3-2-4-8-16)19-20(17-9-5-6-10-23-17)26-12-11-22-13-18(26)25-19/h2-13,15H,14H2,1H3,(H,24,27). The molecular formula is C21H19N5O2. The third kappa shape index (κ3) is 3.68. The molecule has 0 aliphatic rings. The van der Waals surface area contributed by atoms with E-state index in [-0.39, 0.29) is 12.6 Å². The maximum absolute atomic E-state index is 12.3. The number of hydrogen-bond donors (Lipinski definition) is 1. The molecule has 0 radical (unpaired) electrons. The van der Waals surface area contributed by atoms with Gasteiger partial charge in [-0.3, -0.25) is 14.4 Å². The van der Waals surface area contributed by atoms with E-state index in [2.05, 4.69) is 20.3 Å². The van der Waals surface area contributed by atoms with Gasteiger partial charge in [0.2, 0.25) is 0 Å². The average Bonchev–Trinajstić information content (AvgIpc) is 3.13. The minimum absolute atomic E-state index is 0.210. The van der Waals surface area contributed by atoms with Gasteiger partial charge in [-0.1, -0.05) is 36.4 Å². The van der Waals surface area contributed by atoms with Crippen LogP contribution < -0.4 is 5.32 Å². The number of nitrogens with zero attached hydrogens (tertiary/aromatic N) is 4. The molecule has 140 valence electrons. The third-order valence-electron chi connectivity index (χ3n) is 4.32. The van der Waals surface area contributed by atoms with Crippen LogP contribution in [0.1, 0.15) is 24.2 Å². The lowest BCUT2D eigenvalue weighted by Crippen LogP contribution is -2.27. The summed E-state index contributed by atoms with van der Waals surface area (Å²) >= 11 is 0. The first-order valence-electron chi connectivity index (χ1n) is 8.93. The van der Waals surface area contributed by atoms with Gasteiger partial charge < -0.3 is 10.1 Å². The first kappa shape index (κ1) is 17.7. The van der Waals surface area contributed by atoms with Crippen LogP contribution in [0.4, 0.5) is 4.79 Å². The number of hydrogen-bond acceptors (Lipinski definition) is 5. The van der Waals surface area contributed by atoms with Crippen LogP contribution in [0, 0.1) is 0 Å². The van der Waals surface area contributed by atoms with Gasteiger partial charge in [-0.2, -0.15) is 0 Å². The van der Waals surface area contributed by atoms with Crippen LogP contribution >= 0.6 is 0 Å². The van der Waals surface area contributed by atoms with Gasteiger partial charge in [0, 0.05) is 18.6 Å². The summed E-state index contributed by atoms with van der Waals surface area (Å²) in [6.07, 6.45) is 6.42. The van der Waals surface area contributed by atoms with Crippen molar-refractivity contribution in [3.63, 3.8) is 0 Å². The Kier molecular flexibility index (Phi) is 4.97. The van der Waals surface area contributed by atoms with Crippen LogP contribution in [0.3, 0.4) is 0 Å². The van der Waals surface area contributed by atoms with Crippen LogP contribution in [0.2, 0.25) is 0 Å². The predicted molar refractivity (Wildman–Crippen MR) is 104 cm³/mol. The van der Waals surface area contributed by atoms with Crippen molar-refractivity contribution in [1.82, 2.24) is 24.7 Å². The normalized spacial score (nSPS) is 11.9. The Hall–Kier alpha value is -3.74. The molecule has 1 amide bonds. The Morgan fingerprint density at radius 1 is 1.14 bits per heavy atom. The predicted octanol–water partition coefficient (Wildman–Crippen LogP) is 3.78. The SMILES string of the molecule is CC(NC(=O)OCc1ccccc1)c1nc2cnccn2c1-c1ccccn1. The maximum atomic E-state index is 12.3. The molecule has 0 bridgehead atoms. The Labute approximate surface area is 162 Å². The second-order valence-corrected chi connectivity index (χ2v) is 6.29. The van der Waals surface area contributed by atoms with Crippen LogP contribution in [-0.4, -0.2) is 25.4 Å². The minimum Gasteiger partial charge on any atom is -0.445 e. The summed E-state index contributed by atoms with van der Waals surface area (Å²) < 4.78 is 7.24. The number of carbonyl (C=O) groups excluding carboxylic acids is 1. The van der Waals surface area contributed by atoms with E-state index in [0.717, 1.165) is 17.0 Å². The number of carbonyl (C=O) groups is 1. The van der Waals surface area contributed by atoms with E-state index in [0.29, 0.717) is 11.3 Å². The molecule has 4 aromatic rings. The fourth-order valence-electron chi connectivity index (χ4n) is 2.99. The van der Waals surface area contributed by atoms with Gasteiger partial charge in [0.15, 0.2) is 5.65 Å². The van der Waals surface area contributed by atoms with Crippen LogP contribution in [0.25, 0.3) is 17.0 Å². The van der Waals surface area contributed by atoms with E-state index < -0.39 is 6.09 Å². The number of aromatic nitrogens is 4. The number of nitrogens with one attached hydrogen (secondary N) is 1. The Morgan fingerprint density at radius 2 is 1.96 bits per heavy atom. The van der Waals surface area contributed by atoms with Crippen LogP contribution in [0.15, 0.2) is 73.3 Å². The van der Waals surface area contributed by atoms with Gasteiger partial charge in [0.25, 0.3) is 0 Å². The molecule has 0 aliphatic carbocycles. The van der Waals surface area contributed by atoms with Gasteiger partial charge in [-0.15, -0.1) is 0 Å². The van der Waals surface area contributed by atoms with Crippen molar-refractivity contribution in [3.8, 4) is 11.4 Å². The van der Waals surface area contributed by atoms with Crippen LogP contribution in [-0.2, 0) is 11.3 Å². The van der Waals surface area contributed by atoms with Crippen molar-refractivity contribution in [1.29, 1.82) is 0 Å². The molecule has 28 heavy (non-hydrogen) atoms. The van der Waals surface area contributed by atoms with Gasteiger partial charge in [-0.25, -0.2) is 9.78 Å². The second-order valence-electron chi connectivity index (χ2n) is 6.29. The highest BCUT2D eigenvalue weighted by molar-refractivity contribution is 5.70. The van der Waals surface area contributed by atoms with E-state index in [4.69, 9.17) is 4.74 Å². The van der Waals surface area contributed by atoms with Crippen molar-refractivity contribution in [3.05, 3.63) is 84.6 Å². The number of fused-ring (bicyclic) bond motifs is 1. The Bertz CT molecular complexity index is 1080. The van der Waals surface area contributed by atoms with Crippen molar-refractivity contribution >= 4 is 11.7 Å². The van der Waals surface area contributed by atoms with Crippen molar-refractivity contribution in [2.45, 2.75) is 19.6 Å². The number of pyridine rings is 1. The van der Waals surface area contributed by atoms with E-state index in [1.165, 1.54) is 0 Å². The van der Waals surface area contributed by atoms with Crippen molar-refractivity contribution < 1.29 is 9.53 Å². The molecule has 3 heterocycles. The summed E-state index contributed by atoms with van der Waals surface area (Å²) in [6.45, 7) is 2.08. The number of amides is 1. The van der Waals surface area contributed by atoms with Gasteiger partial charge in [0.05, 0.1) is 29.3 Å². The van der Waals surface area contributed by atoms with Crippen molar-refractivity contribution in [2.24, 2.45) is 0 Å². The topological polar surface area (TPSA) is 81.4 Å². The highest BCUT2D eigenvalue weighted by Crippen LogP contribution is 2.27. The zero-order chi connectivity index (χ0) is 19.3. The molecule has 1 unspecified atom stereocenters. The lowest BCUT2D eigenvalue weighted by Gasteiger charge is -2.14. The molecule has 0 fully saturated rings. The van der Waals surface area contributed by atoms with Crippen molar-refractivity contribution in [2.75, 3.05) is 0 Å². The fourth-order valence-corrected chi connectivity index (χ4v) is 2.99. The van der Waals surface area contributed by atoms with Gasteiger partial charge >= 0.3 is 6.09 Å². The highest BCUT2D eigenvalue weighted by Gasteiger charge is 2.22. The molecule has 0 aliphatic heterocycles. The molecule has 7 nitrogen and oxygen atoms in total. The first-order valence-corrected chi connectivity index (χ1v) is 8.93. The van der Waals surface area contributed by atoms with E-state index >= 15 is 0 Å². The number of alkyl carbamates (subject to hydrolysis) is 1. The number of imidazole rings is 1. The average molecular weight is 373 g/mol. The molecule has 1 atom stereocenters. The Morgan fingerprint density at radius 3 is 2.75 bits per heavy atom. The first-order chi connectivity index (χ1) is 13.7. The summed E-state index contributed by atoms with van der Waals surface area (Å²) in [4.78, 5) is 25.5. The summed E-state index contributed by atoms with van der Waals surface area (Å²) in [5, 5.41) is 2.85. The Balaban J connectivity index is 1.57. The third-order valence-corrected chi connectivity index (χ3v) is 4.32. The fraction of sp³-hybridized carbons (Fsp3) is 0.143. The molecule has 1 N–H and O–H groups in total. The smallest absolute Gasteiger partial charge is 0.407 e. The molecule has 3 aromatic heterocycles. The number of rotatable bonds is 5. The summed E-state index contributed by atoms with van der Waals surface area (Å²) in [7, 11) is 0. The monoisotopic (exact) mass is 373 g/mol. The lowest BCUT2D eigenvalue weighted by atomic mass is 10.1. The second kappa shape index (κ2) is 7.87. The summed E-state index contributed by atoms with van der Waals surface area (Å²) in [5.74, 6) is 0. The van der Waals surface area contributed by atoms with E-state index in [1.807, 2.05) is 66.1 Å².